The van der Waals surface area contributed by atoms with Crippen molar-refractivity contribution in [2.24, 2.45) is 0 Å². The van der Waals surface area contributed by atoms with Crippen LogP contribution in [0.2, 0.25) is 0 Å². The predicted octanol–water partition coefficient (Wildman–Crippen LogP) is 2.66. The summed E-state index contributed by atoms with van der Waals surface area (Å²) in [6.45, 7) is 4.55. The lowest BCUT2D eigenvalue weighted by Gasteiger charge is -2.40. The summed E-state index contributed by atoms with van der Waals surface area (Å²) >= 11 is 2.08. The molecule has 0 saturated carbocycles. The molecule has 0 spiro atoms. The maximum Gasteiger partial charge on any atom is 0.162 e. The standard InChI is InChI=1S/C19H26N4O2S/c1-24-17-11-15-16(12-18(17)25-2)20-13-21-19(15)23-5-3-14(4-6-23)22-7-9-26-10-8-22/h11-14H,3-10H2,1-2H3. The Kier molecular flexibility index (Phi) is 5.36. The fraction of sp³-hybridized carbons (Fsp3) is 0.579. The van der Waals surface area contributed by atoms with E-state index in [2.05, 4.69) is 31.5 Å². The average molecular weight is 375 g/mol. The van der Waals surface area contributed by atoms with E-state index in [1.807, 2.05) is 12.1 Å². The van der Waals surface area contributed by atoms with Crippen molar-refractivity contribution in [1.82, 2.24) is 14.9 Å². The summed E-state index contributed by atoms with van der Waals surface area (Å²) in [5, 5.41) is 1.03. The lowest BCUT2D eigenvalue weighted by atomic mass is 10.0. The molecule has 0 N–H and O–H groups in total. The molecule has 0 radical (unpaired) electrons. The quantitative estimate of drug-likeness (QED) is 0.815. The van der Waals surface area contributed by atoms with Crippen molar-refractivity contribution in [1.29, 1.82) is 0 Å². The third-order valence-electron chi connectivity index (χ3n) is 5.45. The van der Waals surface area contributed by atoms with Crippen molar-refractivity contribution in [3.8, 4) is 11.5 Å². The summed E-state index contributed by atoms with van der Waals surface area (Å²) < 4.78 is 10.9. The molecular weight excluding hydrogens is 348 g/mol. The average Bonchev–Trinajstić information content (AvgIpc) is 2.73. The minimum Gasteiger partial charge on any atom is -0.493 e. The lowest BCUT2D eigenvalue weighted by molar-refractivity contribution is 0.185. The van der Waals surface area contributed by atoms with E-state index in [4.69, 9.17) is 9.47 Å². The van der Waals surface area contributed by atoms with Gasteiger partial charge in [-0.1, -0.05) is 0 Å². The number of anilines is 1. The monoisotopic (exact) mass is 374 g/mol. The van der Waals surface area contributed by atoms with E-state index < -0.39 is 0 Å². The Morgan fingerprint density at radius 3 is 2.35 bits per heavy atom. The summed E-state index contributed by atoms with van der Waals surface area (Å²) in [5.74, 6) is 4.98. The van der Waals surface area contributed by atoms with Crippen molar-refractivity contribution in [2.45, 2.75) is 18.9 Å². The minimum atomic E-state index is 0.700. The third-order valence-corrected chi connectivity index (χ3v) is 6.39. The molecule has 4 rings (SSSR count). The van der Waals surface area contributed by atoms with Gasteiger partial charge in [-0.15, -0.1) is 0 Å². The van der Waals surface area contributed by atoms with Crippen LogP contribution in [0.1, 0.15) is 12.8 Å². The summed E-state index contributed by atoms with van der Waals surface area (Å²) in [5.41, 5.74) is 0.892. The van der Waals surface area contributed by atoms with Gasteiger partial charge in [0.2, 0.25) is 0 Å². The van der Waals surface area contributed by atoms with Crippen LogP contribution >= 0.6 is 11.8 Å². The zero-order chi connectivity index (χ0) is 17.9. The smallest absolute Gasteiger partial charge is 0.162 e. The van der Waals surface area contributed by atoms with Crippen molar-refractivity contribution in [3.63, 3.8) is 0 Å². The zero-order valence-corrected chi connectivity index (χ0v) is 16.3. The van der Waals surface area contributed by atoms with Gasteiger partial charge in [0.05, 0.1) is 19.7 Å². The Labute approximate surface area is 158 Å². The molecule has 0 aliphatic carbocycles. The Morgan fingerprint density at radius 1 is 0.962 bits per heavy atom. The van der Waals surface area contributed by atoms with Crippen LogP contribution < -0.4 is 14.4 Å². The van der Waals surface area contributed by atoms with Crippen LogP contribution in [-0.4, -0.2) is 72.8 Å². The Bertz CT molecular complexity index is 759. The van der Waals surface area contributed by atoms with Crippen LogP contribution in [0.5, 0.6) is 11.5 Å². The number of rotatable bonds is 4. The fourth-order valence-electron chi connectivity index (χ4n) is 4.01. The van der Waals surface area contributed by atoms with Crippen LogP contribution in [0.4, 0.5) is 5.82 Å². The Morgan fingerprint density at radius 2 is 1.65 bits per heavy atom. The number of hydrogen-bond acceptors (Lipinski definition) is 7. The second-order valence-corrected chi connectivity index (χ2v) is 8.01. The normalized spacial score (nSPS) is 19.7. The van der Waals surface area contributed by atoms with Gasteiger partial charge in [0.25, 0.3) is 0 Å². The van der Waals surface area contributed by atoms with Gasteiger partial charge in [0, 0.05) is 55.2 Å². The molecule has 0 atom stereocenters. The Balaban J connectivity index is 1.55. The number of thioether (sulfide) groups is 1. The van der Waals surface area contributed by atoms with E-state index in [1.54, 1.807) is 20.5 Å². The first-order valence-electron chi connectivity index (χ1n) is 9.23. The van der Waals surface area contributed by atoms with E-state index in [-0.39, 0.29) is 0 Å². The SMILES string of the molecule is COc1cc2ncnc(N3CCC(N4CCSCC4)CC3)c2cc1OC. The summed E-state index contributed by atoms with van der Waals surface area (Å²) in [4.78, 5) is 14.1. The highest BCUT2D eigenvalue weighted by molar-refractivity contribution is 7.99. The van der Waals surface area contributed by atoms with Crippen molar-refractivity contribution < 1.29 is 9.47 Å². The number of hydrogen-bond donors (Lipinski definition) is 0. The molecule has 1 aromatic heterocycles. The molecule has 6 nitrogen and oxygen atoms in total. The van der Waals surface area contributed by atoms with Crippen molar-refractivity contribution >= 4 is 28.5 Å². The third kappa shape index (κ3) is 3.42. The molecule has 2 aliphatic rings. The summed E-state index contributed by atoms with van der Waals surface area (Å²) in [7, 11) is 3.31. The minimum absolute atomic E-state index is 0.700. The number of benzene rings is 1. The molecule has 140 valence electrons. The van der Waals surface area contributed by atoms with Crippen LogP contribution in [0.25, 0.3) is 10.9 Å². The first-order valence-corrected chi connectivity index (χ1v) is 10.4. The molecule has 2 saturated heterocycles. The van der Waals surface area contributed by atoms with E-state index >= 15 is 0 Å². The van der Waals surface area contributed by atoms with E-state index in [1.165, 1.54) is 37.4 Å². The highest BCUT2D eigenvalue weighted by Crippen LogP contribution is 2.35. The summed E-state index contributed by atoms with van der Waals surface area (Å²) in [6, 6.07) is 4.64. The molecule has 7 heteroatoms. The zero-order valence-electron chi connectivity index (χ0n) is 15.5. The number of piperidine rings is 1. The van der Waals surface area contributed by atoms with Crippen LogP contribution in [-0.2, 0) is 0 Å². The first kappa shape index (κ1) is 17.7. The van der Waals surface area contributed by atoms with Gasteiger partial charge in [-0.3, -0.25) is 4.90 Å². The molecule has 2 aliphatic heterocycles. The highest BCUT2D eigenvalue weighted by atomic mass is 32.2. The van der Waals surface area contributed by atoms with E-state index in [0.717, 1.165) is 41.6 Å². The van der Waals surface area contributed by atoms with Crippen LogP contribution in [0.3, 0.4) is 0 Å². The second kappa shape index (κ2) is 7.88. The van der Waals surface area contributed by atoms with Gasteiger partial charge in [-0.25, -0.2) is 9.97 Å². The van der Waals surface area contributed by atoms with Gasteiger partial charge < -0.3 is 14.4 Å². The van der Waals surface area contributed by atoms with Crippen molar-refractivity contribution in [3.05, 3.63) is 18.5 Å². The fourth-order valence-corrected chi connectivity index (χ4v) is 4.94. The number of fused-ring (bicyclic) bond motifs is 1. The molecule has 0 amide bonds. The van der Waals surface area contributed by atoms with Gasteiger partial charge >= 0.3 is 0 Å². The van der Waals surface area contributed by atoms with Crippen LogP contribution in [0.15, 0.2) is 18.5 Å². The predicted molar refractivity (Wildman–Crippen MR) is 107 cm³/mol. The number of aromatic nitrogens is 2. The molecule has 0 unspecified atom stereocenters. The van der Waals surface area contributed by atoms with Crippen LogP contribution in [0, 0.1) is 0 Å². The van der Waals surface area contributed by atoms with E-state index in [9.17, 15) is 0 Å². The molecule has 2 aromatic rings. The maximum atomic E-state index is 5.48. The number of nitrogens with zero attached hydrogens (tertiary/aromatic N) is 4. The highest BCUT2D eigenvalue weighted by Gasteiger charge is 2.27. The molecule has 1 aromatic carbocycles. The number of ether oxygens (including phenoxy) is 2. The number of methoxy groups -OCH3 is 2. The topological polar surface area (TPSA) is 50.7 Å². The summed E-state index contributed by atoms with van der Waals surface area (Å²) in [6.07, 6.45) is 4.05. The second-order valence-electron chi connectivity index (χ2n) is 6.79. The molecular formula is C19H26N4O2S. The molecule has 2 fully saturated rings. The van der Waals surface area contributed by atoms with Gasteiger partial charge in [-0.05, 0) is 18.9 Å². The van der Waals surface area contributed by atoms with Gasteiger partial charge in [0.1, 0.15) is 12.1 Å². The molecule has 26 heavy (non-hydrogen) atoms. The van der Waals surface area contributed by atoms with E-state index in [0.29, 0.717) is 5.75 Å². The molecule has 3 heterocycles. The Hall–Kier alpha value is -1.73. The molecule has 0 bridgehead atoms. The maximum absolute atomic E-state index is 5.48. The largest absolute Gasteiger partial charge is 0.493 e. The van der Waals surface area contributed by atoms with Gasteiger partial charge in [0.15, 0.2) is 11.5 Å². The van der Waals surface area contributed by atoms with Crippen molar-refractivity contribution in [2.75, 3.05) is 56.8 Å². The van der Waals surface area contributed by atoms with Gasteiger partial charge in [-0.2, -0.15) is 11.8 Å². The first-order chi connectivity index (χ1) is 12.8. The lowest BCUT2D eigenvalue weighted by Crippen LogP contribution is -2.48.